The number of benzene rings is 2. The van der Waals surface area contributed by atoms with Crippen LogP contribution in [0.15, 0.2) is 60.7 Å². The average Bonchev–Trinajstić information content (AvgIpc) is 2.72. The summed E-state index contributed by atoms with van der Waals surface area (Å²) in [6, 6.07) is 15.9. The van der Waals surface area contributed by atoms with Crippen molar-refractivity contribution >= 4 is 5.97 Å². The number of halogens is 3. The Bertz CT molecular complexity index is 1110. The van der Waals surface area contributed by atoms with Gasteiger partial charge in [0.05, 0.1) is 22.5 Å². The summed E-state index contributed by atoms with van der Waals surface area (Å²) in [5.41, 5.74) is 2.37. The van der Waals surface area contributed by atoms with Crippen molar-refractivity contribution in [2.45, 2.75) is 25.7 Å². The summed E-state index contributed by atoms with van der Waals surface area (Å²) >= 11 is 0. The van der Waals surface area contributed by atoms with Gasteiger partial charge >= 0.3 is 12.1 Å². The van der Waals surface area contributed by atoms with Crippen molar-refractivity contribution in [1.82, 2.24) is 9.88 Å². The van der Waals surface area contributed by atoms with Gasteiger partial charge in [0.15, 0.2) is 0 Å². The fourth-order valence-electron chi connectivity index (χ4n) is 3.63. The van der Waals surface area contributed by atoms with E-state index in [1.807, 2.05) is 24.3 Å². The van der Waals surface area contributed by atoms with Gasteiger partial charge in [-0.15, -0.1) is 0 Å². The minimum Gasteiger partial charge on any atom is -0.488 e. The number of nitrogens with zero attached hydrogens (tertiary/aromatic N) is 2. The molecule has 8 heteroatoms. The second-order valence-corrected chi connectivity index (χ2v) is 7.79. The van der Waals surface area contributed by atoms with Crippen LogP contribution in [-0.2, 0) is 12.7 Å². The highest BCUT2D eigenvalue weighted by Gasteiger charge is 2.31. The maximum atomic E-state index is 12.6. The van der Waals surface area contributed by atoms with Crippen molar-refractivity contribution in [2.75, 3.05) is 13.1 Å². The predicted molar refractivity (Wildman–Crippen MR) is 113 cm³/mol. The standard InChI is InChI=1S/C24H21F3N2O3/c1-15-21(23(30)31)10-11-22(28-15)17-4-8-19(9-5-17)32-20-13-29(14-20)12-16-2-6-18(7-3-16)24(25,26)27/h2-11,20H,12-14H2,1H3,(H,30,31). The first-order valence-electron chi connectivity index (χ1n) is 10.1. The lowest BCUT2D eigenvalue weighted by atomic mass is 10.1. The lowest BCUT2D eigenvalue weighted by molar-refractivity contribution is -0.137. The van der Waals surface area contributed by atoms with E-state index >= 15 is 0 Å². The second kappa shape index (κ2) is 8.63. The third-order valence-corrected chi connectivity index (χ3v) is 5.38. The number of alkyl halides is 3. The number of pyridine rings is 1. The van der Waals surface area contributed by atoms with Gasteiger partial charge < -0.3 is 9.84 Å². The molecule has 0 spiro atoms. The zero-order valence-electron chi connectivity index (χ0n) is 17.3. The molecule has 166 valence electrons. The average molecular weight is 442 g/mol. The molecule has 2 aromatic carbocycles. The van der Waals surface area contributed by atoms with Crippen LogP contribution in [0.5, 0.6) is 5.75 Å². The zero-order chi connectivity index (χ0) is 22.9. The highest BCUT2D eigenvalue weighted by molar-refractivity contribution is 5.89. The van der Waals surface area contributed by atoms with Crippen LogP contribution < -0.4 is 4.74 Å². The molecular formula is C24H21F3N2O3. The van der Waals surface area contributed by atoms with Gasteiger partial charge in [0.25, 0.3) is 0 Å². The molecule has 4 rings (SSSR count). The number of rotatable bonds is 6. The smallest absolute Gasteiger partial charge is 0.416 e. The van der Waals surface area contributed by atoms with Crippen LogP contribution in [0.3, 0.4) is 0 Å². The predicted octanol–water partition coefficient (Wildman–Crippen LogP) is 5.04. The molecule has 0 atom stereocenters. The summed E-state index contributed by atoms with van der Waals surface area (Å²) in [6.07, 6.45) is -4.30. The third kappa shape index (κ3) is 4.91. The zero-order valence-corrected chi connectivity index (χ0v) is 17.3. The Kier molecular flexibility index (Phi) is 5.88. The van der Waals surface area contributed by atoms with Crippen molar-refractivity contribution < 1.29 is 27.8 Å². The fraction of sp³-hybridized carbons (Fsp3) is 0.250. The van der Waals surface area contributed by atoms with E-state index in [0.29, 0.717) is 36.8 Å². The van der Waals surface area contributed by atoms with Crippen LogP contribution in [-0.4, -0.2) is 40.2 Å². The van der Waals surface area contributed by atoms with Gasteiger partial charge in [0.2, 0.25) is 0 Å². The number of aryl methyl sites for hydroxylation is 1. The molecule has 1 aromatic heterocycles. The van der Waals surface area contributed by atoms with E-state index in [0.717, 1.165) is 23.3 Å². The van der Waals surface area contributed by atoms with Crippen LogP contribution >= 0.6 is 0 Å². The van der Waals surface area contributed by atoms with Gasteiger partial charge in [-0.3, -0.25) is 9.88 Å². The molecule has 1 fully saturated rings. The minimum absolute atomic E-state index is 0.0190. The lowest BCUT2D eigenvalue weighted by Gasteiger charge is -2.39. The molecule has 1 saturated heterocycles. The Labute approximate surface area is 183 Å². The first kappa shape index (κ1) is 21.8. The number of aromatic carboxylic acids is 1. The molecule has 0 bridgehead atoms. The molecule has 0 radical (unpaired) electrons. The van der Waals surface area contributed by atoms with Gasteiger partial charge in [-0.2, -0.15) is 13.2 Å². The topological polar surface area (TPSA) is 62.7 Å². The van der Waals surface area contributed by atoms with Crippen molar-refractivity contribution in [3.05, 3.63) is 83.0 Å². The number of ether oxygens (including phenoxy) is 1. The van der Waals surface area contributed by atoms with Crippen LogP contribution in [0, 0.1) is 6.92 Å². The van der Waals surface area contributed by atoms with Gasteiger partial charge in [-0.05, 0) is 61.0 Å². The van der Waals surface area contributed by atoms with Crippen LogP contribution in [0.1, 0.15) is 27.2 Å². The SMILES string of the molecule is Cc1nc(-c2ccc(OC3CN(Cc4ccc(C(F)(F)F)cc4)C3)cc2)ccc1C(=O)O. The van der Waals surface area contributed by atoms with Crippen LogP contribution in [0.4, 0.5) is 13.2 Å². The molecule has 3 aromatic rings. The number of aromatic nitrogens is 1. The number of carboxylic acids is 1. The number of carboxylic acid groups (broad SMARTS) is 1. The Morgan fingerprint density at radius 1 is 1.06 bits per heavy atom. The van der Waals surface area contributed by atoms with Crippen molar-refractivity contribution in [2.24, 2.45) is 0 Å². The Hall–Kier alpha value is -3.39. The number of hydrogen-bond acceptors (Lipinski definition) is 4. The number of carbonyl (C=O) groups is 1. The summed E-state index contributed by atoms with van der Waals surface area (Å²) in [6.45, 7) is 3.63. The van der Waals surface area contributed by atoms with Crippen LogP contribution in [0.25, 0.3) is 11.3 Å². The largest absolute Gasteiger partial charge is 0.488 e. The summed E-state index contributed by atoms with van der Waals surface area (Å²) in [4.78, 5) is 17.6. The highest BCUT2D eigenvalue weighted by atomic mass is 19.4. The lowest BCUT2D eigenvalue weighted by Crippen LogP contribution is -2.53. The Morgan fingerprint density at radius 3 is 2.28 bits per heavy atom. The van der Waals surface area contributed by atoms with Gasteiger partial charge in [-0.25, -0.2) is 4.79 Å². The minimum atomic E-state index is -4.32. The van der Waals surface area contributed by atoms with E-state index in [2.05, 4.69) is 9.88 Å². The summed E-state index contributed by atoms with van der Waals surface area (Å²) < 4.78 is 43.9. The molecule has 0 amide bonds. The fourth-order valence-corrected chi connectivity index (χ4v) is 3.63. The van der Waals surface area contributed by atoms with Crippen molar-refractivity contribution in [1.29, 1.82) is 0 Å². The van der Waals surface area contributed by atoms with E-state index in [9.17, 15) is 18.0 Å². The van der Waals surface area contributed by atoms with Gasteiger partial charge in [0.1, 0.15) is 11.9 Å². The molecule has 32 heavy (non-hydrogen) atoms. The van der Waals surface area contributed by atoms with E-state index in [1.165, 1.54) is 12.1 Å². The molecule has 0 aliphatic carbocycles. The van der Waals surface area contributed by atoms with Crippen molar-refractivity contribution in [3.63, 3.8) is 0 Å². The summed E-state index contributed by atoms with van der Waals surface area (Å²) in [5, 5.41) is 9.12. The Morgan fingerprint density at radius 2 is 1.72 bits per heavy atom. The normalized spacial score (nSPS) is 14.8. The monoisotopic (exact) mass is 442 g/mol. The maximum absolute atomic E-state index is 12.6. The molecular weight excluding hydrogens is 421 g/mol. The van der Waals surface area contributed by atoms with E-state index < -0.39 is 17.7 Å². The third-order valence-electron chi connectivity index (χ3n) is 5.38. The first-order valence-corrected chi connectivity index (χ1v) is 10.1. The molecule has 2 heterocycles. The van der Waals surface area contributed by atoms with E-state index in [-0.39, 0.29) is 11.7 Å². The Balaban J connectivity index is 1.29. The molecule has 1 aliphatic rings. The maximum Gasteiger partial charge on any atom is 0.416 e. The highest BCUT2D eigenvalue weighted by Crippen LogP contribution is 2.30. The summed E-state index contributed by atoms with van der Waals surface area (Å²) in [5.74, 6) is -0.287. The molecule has 1 N–H and O–H groups in total. The number of hydrogen-bond donors (Lipinski definition) is 1. The molecule has 5 nitrogen and oxygen atoms in total. The first-order chi connectivity index (χ1) is 15.2. The van der Waals surface area contributed by atoms with Gasteiger partial charge in [-0.1, -0.05) is 12.1 Å². The summed E-state index contributed by atoms with van der Waals surface area (Å²) in [7, 11) is 0. The second-order valence-electron chi connectivity index (χ2n) is 7.79. The molecule has 0 unspecified atom stereocenters. The molecule has 0 saturated carbocycles. The quantitative estimate of drug-likeness (QED) is 0.580. The van der Waals surface area contributed by atoms with Gasteiger partial charge in [0, 0.05) is 25.2 Å². The van der Waals surface area contributed by atoms with Crippen LogP contribution in [0.2, 0.25) is 0 Å². The van der Waals surface area contributed by atoms with Crippen molar-refractivity contribution in [3.8, 4) is 17.0 Å². The van der Waals surface area contributed by atoms with E-state index in [4.69, 9.17) is 9.84 Å². The number of likely N-dealkylation sites (tertiary alicyclic amines) is 1. The van der Waals surface area contributed by atoms with E-state index in [1.54, 1.807) is 19.1 Å². The molecule has 1 aliphatic heterocycles.